The first-order valence-electron chi connectivity index (χ1n) is 6.57. The largest absolute Gasteiger partial charge is 0.329 e. The molecule has 1 aliphatic heterocycles. The highest BCUT2D eigenvalue weighted by Crippen LogP contribution is 2.25. The average Bonchev–Trinajstić information content (AvgIpc) is 2.57. The van der Waals surface area contributed by atoms with Gasteiger partial charge in [-0.1, -0.05) is 0 Å². The van der Waals surface area contributed by atoms with Crippen LogP contribution in [0.3, 0.4) is 0 Å². The van der Waals surface area contributed by atoms with Crippen molar-refractivity contribution in [2.24, 2.45) is 5.73 Å². The Labute approximate surface area is 130 Å². The van der Waals surface area contributed by atoms with Crippen LogP contribution >= 0.6 is 12.4 Å². The number of hydrogen-bond acceptors (Lipinski definition) is 4. The maximum absolute atomic E-state index is 12.2. The van der Waals surface area contributed by atoms with Crippen LogP contribution < -0.4 is 15.8 Å². The fraction of sp³-hybridized carbons (Fsp3) is 0.462. The van der Waals surface area contributed by atoms with Gasteiger partial charge < -0.3 is 11.1 Å². The quantitative estimate of drug-likeness (QED) is 0.765. The highest BCUT2D eigenvalue weighted by atomic mass is 35.5. The monoisotopic (exact) mass is 333 g/mol. The lowest BCUT2D eigenvalue weighted by Gasteiger charge is -2.14. The molecule has 4 N–H and O–H groups in total. The molecule has 0 fully saturated rings. The number of amides is 1. The third-order valence-electron chi connectivity index (χ3n) is 3.22. The van der Waals surface area contributed by atoms with Crippen LogP contribution in [0.5, 0.6) is 0 Å². The lowest BCUT2D eigenvalue weighted by molar-refractivity contribution is -0.116. The molecule has 0 aliphatic carbocycles. The highest BCUT2D eigenvalue weighted by Gasteiger charge is 2.20. The van der Waals surface area contributed by atoms with Crippen molar-refractivity contribution in [3.05, 3.63) is 23.8 Å². The van der Waals surface area contributed by atoms with Crippen molar-refractivity contribution >= 4 is 34.0 Å². The number of anilines is 1. The predicted molar refractivity (Wildman–Crippen MR) is 84.1 cm³/mol. The Morgan fingerprint density at radius 1 is 1.38 bits per heavy atom. The Balaban J connectivity index is 0.00000220. The fourth-order valence-corrected chi connectivity index (χ4v) is 3.41. The highest BCUT2D eigenvalue weighted by molar-refractivity contribution is 7.89. The minimum Gasteiger partial charge on any atom is -0.329 e. The number of carbonyl (C=O) groups excluding carboxylic acids is 1. The van der Waals surface area contributed by atoms with Crippen molar-refractivity contribution in [3.63, 3.8) is 0 Å². The zero-order chi connectivity index (χ0) is 14.8. The van der Waals surface area contributed by atoms with E-state index in [1.165, 1.54) is 6.07 Å². The number of rotatable bonds is 4. The predicted octanol–water partition coefficient (Wildman–Crippen LogP) is 1.01. The van der Waals surface area contributed by atoms with Gasteiger partial charge in [-0.3, -0.25) is 4.79 Å². The summed E-state index contributed by atoms with van der Waals surface area (Å²) in [7, 11) is -3.57. The van der Waals surface area contributed by atoms with Crippen molar-refractivity contribution in [3.8, 4) is 0 Å². The molecule has 0 aromatic heterocycles. The van der Waals surface area contributed by atoms with E-state index < -0.39 is 10.0 Å². The van der Waals surface area contributed by atoms with Crippen LogP contribution in [0.2, 0.25) is 0 Å². The fourth-order valence-electron chi connectivity index (χ4n) is 2.10. The first kappa shape index (κ1) is 17.9. The molecule has 1 aromatic carbocycles. The van der Waals surface area contributed by atoms with E-state index in [-0.39, 0.29) is 35.8 Å². The summed E-state index contributed by atoms with van der Waals surface area (Å²) in [6, 6.07) is 4.43. The summed E-state index contributed by atoms with van der Waals surface area (Å²) in [6.07, 6.45) is 1.86. The molecule has 0 saturated heterocycles. The maximum Gasteiger partial charge on any atom is 0.240 e. The molecule has 0 radical (unpaired) electrons. The number of halogens is 1. The minimum atomic E-state index is -3.57. The van der Waals surface area contributed by atoms with E-state index in [9.17, 15) is 13.2 Å². The van der Waals surface area contributed by atoms with Crippen molar-refractivity contribution < 1.29 is 13.2 Å². The number of hydrogen-bond donors (Lipinski definition) is 3. The number of nitrogens with one attached hydrogen (secondary N) is 2. The molecule has 0 bridgehead atoms. The Morgan fingerprint density at radius 2 is 2.10 bits per heavy atom. The molecular weight excluding hydrogens is 314 g/mol. The number of aryl methyl sites for hydroxylation is 1. The molecule has 21 heavy (non-hydrogen) atoms. The van der Waals surface area contributed by atoms with E-state index in [1.807, 2.05) is 0 Å². The van der Waals surface area contributed by atoms with Gasteiger partial charge >= 0.3 is 0 Å². The number of benzene rings is 1. The Bertz CT molecular complexity index is 619. The molecule has 1 heterocycles. The molecule has 1 aliphatic rings. The summed E-state index contributed by atoms with van der Waals surface area (Å²) in [5.74, 6) is -0.0331. The van der Waals surface area contributed by atoms with Gasteiger partial charge in [0.15, 0.2) is 0 Å². The summed E-state index contributed by atoms with van der Waals surface area (Å²) in [5.41, 5.74) is 6.97. The smallest absolute Gasteiger partial charge is 0.240 e. The first-order valence-corrected chi connectivity index (χ1v) is 8.06. The lowest BCUT2D eigenvalue weighted by atomic mass is 10.1. The second-order valence-electron chi connectivity index (χ2n) is 4.98. The van der Waals surface area contributed by atoms with Gasteiger partial charge in [-0.25, -0.2) is 13.1 Å². The van der Waals surface area contributed by atoms with Crippen LogP contribution in [-0.2, 0) is 21.2 Å². The van der Waals surface area contributed by atoms with Crippen molar-refractivity contribution in [2.75, 3.05) is 11.9 Å². The molecule has 6 nitrogen and oxygen atoms in total. The Kier molecular flexibility index (Phi) is 6.15. The zero-order valence-electron chi connectivity index (χ0n) is 11.8. The second kappa shape index (κ2) is 7.22. The van der Waals surface area contributed by atoms with Crippen molar-refractivity contribution in [1.82, 2.24) is 4.72 Å². The third-order valence-corrected chi connectivity index (χ3v) is 4.81. The Morgan fingerprint density at radius 3 is 2.76 bits per heavy atom. The first-order chi connectivity index (χ1) is 9.42. The standard InChI is InChI=1S/C13H19N3O3S.ClH/c1-9(8-14)16-20(18,19)11-5-6-12-10(7-11)3-2-4-13(17)15-12;/h5-7,9,16H,2-4,8,14H2,1H3,(H,15,17);1H/t9-;/m0./s1. The molecule has 1 atom stereocenters. The van der Waals surface area contributed by atoms with Crippen LogP contribution in [0.4, 0.5) is 5.69 Å². The van der Waals surface area contributed by atoms with Crippen LogP contribution in [0.15, 0.2) is 23.1 Å². The Hall–Kier alpha value is -1.15. The van der Waals surface area contributed by atoms with E-state index in [4.69, 9.17) is 5.73 Å². The molecule has 8 heteroatoms. The van der Waals surface area contributed by atoms with E-state index >= 15 is 0 Å². The normalized spacial score (nSPS) is 16.2. The molecule has 0 unspecified atom stereocenters. The summed E-state index contributed by atoms with van der Waals surface area (Å²) in [5, 5.41) is 2.78. The number of sulfonamides is 1. The SMILES string of the molecule is C[C@@H](CN)NS(=O)(=O)c1ccc2c(c1)CCCC(=O)N2.Cl. The van der Waals surface area contributed by atoms with Gasteiger partial charge in [0.2, 0.25) is 15.9 Å². The van der Waals surface area contributed by atoms with E-state index in [0.29, 0.717) is 18.5 Å². The number of fused-ring (bicyclic) bond motifs is 1. The van der Waals surface area contributed by atoms with Crippen LogP contribution in [0.25, 0.3) is 0 Å². The van der Waals surface area contributed by atoms with Gasteiger partial charge in [-0.15, -0.1) is 12.4 Å². The van der Waals surface area contributed by atoms with Crippen molar-refractivity contribution in [2.45, 2.75) is 37.1 Å². The van der Waals surface area contributed by atoms with E-state index in [2.05, 4.69) is 10.0 Å². The molecule has 118 valence electrons. The number of carbonyl (C=O) groups is 1. The van der Waals surface area contributed by atoms with Crippen LogP contribution in [0.1, 0.15) is 25.3 Å². The summed E-state index contributed by atoms with van der Waals surface area (Å²) in [6.45, 7) is 1.95. The molecule has 1 amide bonds. The summed E-state index contributed by atoms with van der Waals surface area (Å²) >= 11 is 0. The van der Waals surface area contributed by atoms with Gasteiger partial charge in [-0.2, -0.15) is 0 Å². The van der Waals surface area contributed by atoms with Crippen LogP contribution in [-0.4, -0.2) is 26.9 Å². The molecule has 0 saturated carbocycles. The summed E-state index contributed by atoms with van der Waals surface area (Å²) in [4.78, 5) is 11.7. The zero-order valence-corrected chi connectivity index (χ0v) is 13.4. The summed E-state index contributed by atoms with van der Waals surface area (Å²) < 4.78 is 26.9. The molecular formula is C13H20ClN3O3S. The topological polar surface area (TPSA) is 101 Å². The van der Waals surface area contributed by atoms with Gasteiger partial charge in [0.1, 0.15) is 0 Å². The van der Waals surface area contributed by atoms with E-state index in [0.717, 1.165) is 12.0 Å². The lowest BCUT2D eigenvalue weighted by Crippen LogP contribution is -2.37. The molecule has 2 rings (SSSR count). The van der Waals surface area contributed by atoms with Gasteiger partial charge in [-0.05, 0) is 43.5 Å². The maximum atomic E-state index is 12.2. The second-order valence-corrected chi connectivity index (χ2v) is 6.69. The van der Waals surface area contributed by atoms with E-state index in [1.54, 1.807) is 19.1 Å². The van der Waals surface area contributed by atoms with Crippen LogP contribution in [0, 0.1) is 0 Å². The minimum absolute atomic E-state index is 0. The van der Waals surface area contributed by atoms with Gasteiger partial charge in [0.05, 0.1) is 4.90 Å². The molecule has 1 aromatic rings. The molecule has 0 spiro atoms. The average molecular weight is 334 g/mol. The number of nitrogens with two attached hydrogens (primary N) is 1. The van der Waals surface area contributed by atoms with Gasteiger partial charge in [0.25, 0.3) is 0 Å². The van der Waals surface area contributed by atoms with Gasteiger partial charge in [0, 0.05) is 24.7 Å². The third kappa shape index (κ3) is 4.41. The van der Waals surface area contributed by atoms with Crippen molar-refractivity contribution in [1.29, 1.82) is 0 Å².